The molecule has 1 aromatic rings. The lowest BCUT2D eigenvalue weighted by molar-refractivity contribution is -0.125. The number of hydrogen-bond donors (Lipinski definition) is 1. The van der Waals surface area contributed by atoms with E-state index in [-0.39, 0.29) is 34.2 Å². The summed E-state index contributed by atoms with van der Waals surface area (Å²) in [5, 5.41) is 4.17. The van der Waals surface area contributed by atoms with E-state index in [1.807, 2.05) is 24.3 Å². The van der Waals surface area contributed by atoms with Gasteiger partial charge in [0, 0.05) is 40.7 Å². The van der Waals surface area contributed by atoms with E-state index in [1.165, 1.54) is 0 Å². The van der Waals surface area contributed by atoms with Crippen LogP contribution in [0.2, 0.25) is 5.02 Å². The summed E-state index contributed by atoms with van der Waals surface area (Å²) in [6.07, 6.45) is 4.02. The minimum atomic E-state index is -0.317. The Hall–Kier alpha value is -1.87. The van der Waals surface area contributed by atoms with Crippen molar-refractivity contribution in [2.75, 3.05) is 0 Å². The van der Waals surface area contributed by atoms with E-state index < -0.39 is 0 Å². The van der Waals surface area contributed by atoms with Gasteiger partial charge in [0.1, 0.15) is 5.78 Å². The van der Waals surface area contributed by atoms with Gasteiger partial charge in [0.15, 0.2) is 5.78 Å². The Morgan fingerprint density at radius 3 is 2.30 bits per heavy atom. The Morgan fingerprint density at radius 2 is 1.63 bits per heavy atom. The lowest BCUT2D eigenvalue weighted by Crippen LogP contribution is -2.46. The van der Waals surface area contributed by atoms with Gasteiger partial charge in [0.2, 0.25) is 0 Å². The highest BCUT2D eigenvalue weighted by Crippen LogP contribution is 2.51. The minimum absolute atomic E-state index is 0.0744. The normalized spacial score (nSPS) is 28.9. The molecule has 27 heavy (non-hydrogen) atoms. The first-order chi connectivity index (χ1) is 12.6. The molecule has 1 aromatic carbocycles. The van der Waals surface area contributed by atoms with E-state index in [9.17, 15) is 9.59 Å². The lowest BCUT2D eigenvalue weighted by Gasteiger charge is -2.45. The summed E-state index contributed by atoms with van der Waals surface area (Å²) in [6, 6.07) is 7.61. The molecular weight excluding hydrogens is 358 g/mol. The van der Waals surface area contributed by atoms with Crippen molar-refractivity contribution in [1.82, 2.24) is 5.32 Å². The molecule has 3 nitrogen and oxygen atoms in total. The second kappa shape index (κ2) is 6.07. The van der Waals surface area contributed by atoms with Gasteiger partial charge >= 0.3 is 0 Å². The van der Waals surface area contributed by atoms with E-state index in [4.69, 9.17) is 11.6 Å². The van der Waals surface area contributed by atoms with Crippen LogP contribution in [0.25, 0.3) is 0 Å². The third-order valence-electron chi connectivity index (χ3n) is 5.95. The van der Waals surface area contributed by atoms with Gasteiger partial charge < -0.3 is 5.32 Å². The number of carbonyl (C=O) groups is 2. The number of rotatable bonds is 1. The van der Waals surface area contributed by atoms with Crippen molar-refractivity contribution in [3.63, 3.8) is 0 Å². The van der Waals surface area contributed by atoms with Crippen molar-refractivity contribution in [2.24, 2.45) is 16.7 Å². The molecule has 3 aliphatic rings. The summed E-state index contributed by atoms with van der Waals surface area (Å²) in [7, 11) is 0. The number of Topliss-reactive ketones (excluding diaryl/α,β-unsaturated/α-hetero) is 2. The number of fused-ring (bicyclic) bond motifs is 1. The number of allylic oxidation sites excluding steroid dienone is 4. The van der Waals surface area contributed by atoms with Crippen LogP contribution in [0.5, 0.6) is 0 Å². The summed E-state index contributed by atoms with van der Waals surface area (Å²) >= 11 is 6.09. The van der Waals surface area contributed by atoms with Crippen LogP contribution >= 0.6 is 11.6 Å². The fourth-order valence-corrected chi connectivity index (χ4v) is 5.08. The summed E-state index contributed by atoms with van der Waals surface area (Å²) in [4.78, 5) is 26.3. The van der Waals surface area contributed by atoms with E-state index in [0.717, 1.165) is 29.0 Å². The Bertz CT molecular complexity index is 889. The van der Waals surface area contributed by atoms with Gasteiger partial charge in [0.25, 0.3) is 0 Å². The van der Waals surface area contributed by atoms with Crippen molar-refractivity contribution in [2.45, 2.75) is 52.9 Å². The summed E-state index contributed by atoms with van der Waals surface area (Å²) < 4.78 is 0. The molecule has 4 heteroatoms. The quantitative estimate of drug-likeness (QED) is 0.727. The average Bonchev–Trinajstić information content (AvgIpc) is 2.51. The molecule has 2 atom stereocenters. The number of hydrogen-bond acceptors (Lipinski definition) is 3. The minimum Gasteiger partial charge on any atom is -0.362 e. The van der Waals surface area contributed by atoms with Crippen LogP contribution < -0.4 is 5.32 Å². The largest absolute Gasteiger partial charge is 0.362 e. The molecule has 0 amide bonds. The van der Waals surface area contributed by atoms with Gasteiger partial charge in [-0.2, -0.15) is 0 Å². The Kier molecular flexibility index (Phi) is 4.15. The van der Waals surface area contributed by atoms with Gasteiger partial charge in [0.05, 0.1) is 5.92 Å². The van der Waals surface area contributed by atoms with Gasteiger partial charge in [-0.15, -0.1) is 0 Å². The Morgan fingerprint density at radius 1 is 0.963 bits per heavy atom. The molecule has 1 heterocycles. The highest BCUT2D eigenvalue weighted by atomic mass is 35.5. The molecule has 0 radical (unpaired) electrons. The molecule has 0 bridgehead atoms. The van der Waals surface area contributed by atoms with Crippen molar-refractivity contribution in [1.29, 1.82) is 0 Å². The second-order valence-electron chi connectivity index (χ2n) is 9.70. The number of halogens is 1. The smallest absolute Gasteiger partial charge is 0.161 e. The average molecular weight is 384 g/mol. The Balaban J connectivity index is 1.92. The molecular formula is C23H26ClNO2. The van der Waals surface area contributed by atoms with Crippen LogP contribution in [0.3, 0.4) is 0 Å². The topological polar surface area (TPSA) is 46.2 Å². The zero-order valence-corrected chi connectivity index (χ0v) is 17.1. The molecule has 0 fully saturated rings. The zero-order valence-electron chi connectivity index (χ0n) is 16.4. The number of ketones is 2. The molecule has 2 unspecified atom stereocenters. The van der Waals surface area contributed by atoms with Crippen LogP contribution in [0.15, 0.2) is 47.3 Å². The van der Waals surface area contributed by atoms with E-state index in [1.54, 1.807) is 0 Å². The van der Waals surface area contributed by atoms with Crippen LogP contribution in [0.1, 0.15) is 58.4 Å². The second-order valence-corrected chi connectivity index (χ2v) is 10.1. The maximum Gasteiger partial charge on any atom is 0.161 e. The van der Waals surface area contributed by atoms with Crippen LogP contribution in [-0.2, 0) is 9.59 Å². The van der Waals surface area contributed by atoms with Gasteiger partial charge in [-0.1, -0.05) is 57.5 Å². The third kappa shape index (κ3) is 3.27. The maximum atomic E-state index is 13.2. The number of carbonyl (C=O) groups excluding carboxylic acids is 2. The number of benzene rings is 1. The SMILES string of the molecule is CC1(C)C=C2NC3=C(C(=O)CC(C)(C)C3)C(c3ccc(Cl)cc3)C2C(=O)C1. The molecule has 0 saturated heterocycles. The van der Waals surface area contributed by atoms with Crippen LogP contribution in [0, 0.1) is 16.7 Å². The van der Waals surface area contributed by atoms with Crippen molar-refractivity contribution in [3.8, 4) is 0 Å². The first kappa shape index (κ1) is 18.5. The van der Waals surface area contributed by atoms with E-state index in [0.29, 0.717) is 17.9 Å². The first-order valence-corrected chi connectivity index (χ1v) is 9.98. The molecule has 1 aliphatic heterocycles. The van der Waals surface area contributed by atoms with Gasteiger partial charge in [-0.05, 0) is 34.9 Å². The Labute approximate surface area is 165 Å². The van der Waals surface area contributed by atoms with Crippen molar-refractivity contribution in [3.05, 3.63) is 57.9 Å². The molecule has 0 spiro atoms. The monoisotopic (exact) mass is 383 g/mol. The maximum absolute atomic E-state index is 13.2. The highest BCUT2D eigenvalue weighted by molar-refractivity contribution is 6.30. The summed E-state index contributed by atoms with van der Waals surface area (Å²) in [5.41, 5.74) is 3.49. The molecule has 0 aromatic heterocycles. The van der Waals surface area contributed by atoms with Crippen LogP contribution in [0.4, 0.5) is 0 Å². The first-order valence-electron chi connectivity index (χ1n) is 9.61. The molecule has 4 rings (SSSR count). The fraction of sp³-hybridized carbons (Fsp3) is 0.478. The third-order valence-corrected chi connectivity index (χ3v) is 6.20. The van der Waals surface area contributed by atoms with Crippen molar-refractivity contribution < 1.29 is 9.59 Å². The molecule has 142 valence electrons. The molecule has 0 saturated carbocycles. The fourth-order valence-electron chi connectivity index (χ4n) is 4.95. The van der Waals surface area contributed by atoms with Crippen molar-refractivity contribution >= 4 is 23.2 Å². The highest BCUT2D eigenvalue weighted by Gasteiger charge is 2.48. The summed E-state index contributed by atoms with van der Waals surface area (Å²) in [6.45, 7) is 8.44. The zero-order chi connectivity index (χ0) is 19.6. The van der Waals surface area contributed by atoms with E-state index in [2.05, 4.69) is 39.1 Å². The van der Waals surface area contributed by atoms with Crippen LogP contribution in [-0.4, -0.2) is 11.6 Å². The van der Waals surface area contributed by atoms with E-state index >= 15 is 0 Å². The number of nitrogens with one attached hydrogen (secondary N) is 1. The molecule has 2 aliphatic carbocycles. The van der Waals surface area contributed by atoms with Gasteiger partial charge in [-0.25, -0.2) is 0 Å². The lowest BCUT2D eigenvalue weighted by atomic mass is 9.62. The van der Waals surface area contributed by atoms with Gasteiger partial charge in [-0.3, -0.25) is 9.59 Å². The summed E-state index contributed by atoms with van der Waals surface area (Å²) in [5.74, 6) is -0.181. The predicted molar refractivity (Wildman–Crippen MR) is 107 cm³/mol. The molecule has 1 N–H and O–H groups in total. The standard InChI is InChI=1S/C23H26ClNO2/c1-22(2)9-15-20(17(26)11-22)19(13-5-7-14(24)8-6-13)21-16(25-15)10-23(3,4)12-18(21)27/h5-9,19-20,25H,10-12H2,1-4H3. The predicted octanol–water partition coefficient (Wildman–Crippen LogP) is 5.17.